The summed E-state index contributed by atoms with van der Waals surface area (Å²) >= 11 is 0. The molecular formula is C18H18N2O2. The molecule has 0 amide bonds. The molecule has 2 heterocycles. The Labute approximate surface area is 129 Å². The number of carbonyl (C=O) groups is 1. The average molecular weight is 294 g/mol. The molecule has 22 heavy (non-hydrogen) atoms. The van der Waals surface area contributed by atoms with Crippen LogP contribution in [-0.2, 0) is 11.2 Å². The lowest BCUT2D eigenvalue weighted by atomic mass is 10.0. The number of pyridine rings is 1. The van der Waals surface area contributed by atoms with Gasteiger partial charge in [0.05, 0.1) is 17.8 Å². The fraction of sp³-hybridized carbons (Fsp3) is 0.222. The van der Waals surface area contributed by atoms with Crippen LogP contribution in [0.5, 0.6) is 0 Å². The van der Waals surface area contributed by atoms with Crippen molar-refractivity contribution in [2.24, 2.45) is 0 Å². The van der Waals surface area contributed by atoms with E-state index in [1.807, 2.05) is 28.8 Å². The largest absolute Gasteiger partial charge is 0.481 e. The third-order valence-electron chi connectivity index (χ3n) is 3.84. The summed E-state index contributed by atoms with van der Waals surface area (Å²) < 4.78 is 1.98. The summed E-state index contributed by atoms with van der Waals surface area (Å²) in [4.78, 5) is 15.7. The quantitative estimate of drug-likeness (QED) is 0.799. The number of carboxylic acids is 1. The molecule has 112 valence electrons. The number of fused-ring (bicyclic) bond motifs is 1. The van der Waals surface area contributed by atoms with Gasteiger partial charge >= 0.3 is 5.97 Å². The average Bonchev–Trinajstić information content (AvgIpc) is 2.83. The highest BCUT2D eigenvalue weighted by atomic mass is 16.4. The minimum Gasteiger partial charge on any atom is -0.481 e. The molecule has 0 aliphatic carbocycles. The molecule has 0 aliphatic rings. The number of aliphatic carboxylic acids is 1. The number of benzene rings is 1. The predicted octanol–water partition coefficient (Wildman–Crippen LogP) is 3.64. The zero-order valence-corrected chi connectivity index (χ0v) is 12.7. The molecule has 3 rings (SSSR count). The van der Waals surface area contributed by atoms with Crippen LogP contribution < -0.4 is 0 Å². The molecule has 0 unspecified atom stereocenters. The van der Waals surface area contributed by atoms with Crippen LogP contribution >= 0.6 is 0 Å². The highest BCUT2D eigenvalue weighted by molar-refractivity contribution is 5.72. The van der Waals surface area contributed by atoms with Crippen molar-refractivity contribution in [1.82, 2.24) is 9.38 Å². The van der Waals surface area contributed by atoms with Crippen LogP contribution in [0.1, 0.15) is 23.2 Å². The number of hydrogen-bond acceptors (Lipinski definition) is 2. The van der Waals surface area contributed by atoms with Gasteiger partial charge in [0.2, 0.25) is 0 Å². The lowest BCUT2D eigenvalue weighted by molar-refractivity contribution is -0.136. The predicted molar refractivity (Wildman–Crippen MR) is 86.1 cm³/mol. The highest BCUT2D eigenvalue weighted by Crippen LogP contribution is 2.28. The van der Waals surface area contributed by atoms with Gasteiger partial charge in [0, 0.05) is 18.2 Å². The van der Waals surface area contributed by atoms with Gasteiger partial charge in [0.15, 0.2) is 0 Å². The van der Waals surface area contributed by atoms with Gasteiger partial charge in [-0.15, -0.1) is 0 Å². The van der Waals surface area contributed by atoms with E-state index in [1.165, 1.54) is 5.56 Å². The second-order valence-electron chi connectivity index (χ2n) is 5.55. The molecule has 3 aromatic rings. The number of rotatable bonds is 4. The van der Waals surface area contributed by atoms with Crippen molar-refractivity contribution in [3.63, 3.8) is 0 Å². The fourth-order valence-corrected chi connectivity index (χ4v) is 2.81. The summed E-state index contributed by atoms with van der Waals surface area (Å²) in [7, 11) is 0. The smallest absolute Gasteiger partial charge is 0.303 e. The molecule has 0 spiro atoms. The van der Waals surface area contributed by atoms with E-state index in [0.29, 0.717) is 6.42 Å². The fourth-order valence-electron chi connectivity index (χ4n) is 2.81. The van der Waals surface area contributed by atoms with Crippen LogP contribution in [0.2, 0.25) is 0 Å². The van der Waals surface area contributed by atoms with Gasteiger partial charge in [-0.2, -0.15) is 0 Å². The van der Waals surface area contributed by atoms with E-state index >= 15 is 0 Å². The Bertz CT molecular complexity index is 849. The molecule has 0 saturated heterocycles. The van der Waals surface area contributed by atoms with Crippen molar-refractivity contribution in [1.29, 1.82) is 0 Å². The molecular weight excluding hydrogens is 276 g/mol. The van der Waals surface area contributed by atoms with Gasteiger partial charge in [0.1, 0.15) is 5.65 Å². The molecule has 4 heteroatoms. The third-order valence-corrected chi connectivity index (χ3v) is 3.84. The third kappa shape index (κ3) is 2.60. The summed E-state index contributed by atoms with van der Waals surface area (Å²) in [6.45, 7) is 4.12. The molecule has 2 aromatic heterocycles. The Morgan fingerprint density at radius 1 is 1.23 bits per heavy atom. The van der Waals surface area contributed by atoms with Gasteiger partial charge in [0.25, 0.3) is 0 Å². The van der Waals surface area contributed by atoms with E-state index in [0.717, 1.165) is 28.2 Å². The van der Waals surface area contributed by atoms with Gasteiger partial charge in [-0.25, -0.2) is 4.98 Å². The number of hydrogen-bond donors (Lipinski definition) is 1. The topological polar surface area (TPSA) is 54.6 Å². The van der Waals surface area contributed by atoms with Crippen molar-refractivity contribution in [3.05, 3.63) is 59.4 Å². The monoisotopic (exact) mass is 294 g/mol. The molecule has 0 radical (unpaired) electrons. The first kappa shape index (κ1) is 14.3. The normalized spacial score (nSPS) is 11.0. The summed E-state index contributed by atoms with van der Waals surface area (Å²) in [5.74, 6) is -0.794. The van der Waals surface area contributed by atoms with Gasteiger partial charge in [-0.05, 0) is 31.5 Å². The minimum atomic E-state index is -0.794. The molecule has 1 aromatic carbocycles. The summed E-state index contributed by atoms with van der Waals surface area (Å²) in [5, 5.41) is 9.01. The first-order chi connectivity index (χ1) is 10.6. The Hall–Kier alpha value is -2.62. The first-order valence-corrected chi connectivity index (χ1v) is 7.31. The second-order valence-corrected chi connectivity index (χ2v) is 5.55. The van der Waals surface area contributed by atoms with Crippen LogP contribution in [0.4, 0.5) is 0 Å². The highest BCUT2D eigenvalue weighted by Gasteiger charge is 2.16. The maximum absolute atomic E-state index is 11.0. The Balaban J connectivity index is 2.19. The van der Waals surface area contributed by atoms with Crippen LogP contribution in [0, 0.1) is 13.8 Å². The van der Waals surface area contributed by atoms with E-state index in [2.05, 4.69) is 32.0 Å². The molecule has 0 saturated carbocycles. The zero-order chi connectivity index (χ0) is 15.7. The van der Waals surface area contributed by atoms with E-state index < -0.39 is 5.97 Å². The maximum atomic E-state index is 11.0. The SMILES string of the molecule is Cc1ccc(-c2nc3ccccn3c2CCC(=O)O)c(C)c1. The Morgan fingerprint density at radius 2 is 2.05 bits per heavy atom. The number of aromatic nitrogens is 2. The molecule has 0 atom stereocenters. The maximum Gasteiger partial charge on any atom is 0.303 e. The van der Waals surface area contributed by atoms with Crippen molar-refractivity contribution in [2.75, 3.05) is 0 Å². The van der Waals surface area contributed by atoms with Crippen molar-refractivity contribution in [3.8, 4) is 11.3 Å². The number of carboxylic acid groups (broad SMARTS) is 1. The van der Waals surface area contributed by atoms with Crippen molar-refractivity contribution >= 4 is 11.6 Å². The minimum absolute atomic E-state index is 0.0978. The Morgan fingerprint density at radius 3 is 2.77 bits per heavy atom. The molecule has 0 aliphatic heterocycles. The molecule has 1 N–H and O–H groups in total. The van der Waals surface area contributed by atoms with Gasteiger partial charge < -0.3 is 9.51 Å². The van der Waals surface area contributed by atoms with Crippen molar-refractivity contribution < 1.29 is 9.90 Å². The summed E-state index contributed by atoms with van der Waals surface area (Å²) in [5.41, 5.74) is 6.10. The lowest BCUT2D eigenvalue weighted by Crippen LogP contribution is -2.01. The summed E-state index contributed by atoms with van der Waals surface area (Å²) in [6, 6.07) is 12.1. The number of aryl methyl sites for hydroxylation is 3. The number of imidazole rings is 1. The lowest BCUT2D eigenvalue weighted by Gasteiger charge is -2.07. The molecule has 4 nitrogen and oxygen atoms in total. The standard InChI is InChI=1S/C18H18N2O2/c1-12-6-7-14(13(2)11-12)18-15(8-9-17(21)22)20-10-4-3-5-16(20)19-18/h3-7,10-11H,8-9H2,1-2H3,(H,21,22). The first-order valence-electron chi connectivity index (χ1n) is 7.31. The Kier molecular flexibility index (Phi) is 3.67. The van der Waals surface area contributed by atoms with E-state index in [4.69, 9.17) is 10.1 Å². The zero-order valence-electron chi connectivity index (χ0n) is 12.7. The molecule has 0 bridgehead atoms. The van der Waals surface area contributed by atoms with Crippen LogP contribution in [0.3, 0.4) is 0 Å². The van der Waals surface area contributed by atoms with Gasteiger partial charge in [-0.1, -0.05) is 29.8 Å². The van der Waals surface area contributed by atoms with Crippen LogP contribution in [0.25, 0.3) is 16.9 Å². The van der Waals surface area contributed by atoms with Gasteiger partial charge in [-0.3, -0.25) is 4.79 Å². The van der Waals surface area contributed by atoms with Crippen LogP contribution in [-0.4, -0.2) is 20.5 Å². The molecule has 0 fully saturated rings. The summed E-state index contributed by atoms with van der Waals surface area (Å²) in [6.07, 6.45) is 2.50. The van der Waals surface area contributed by atoms with E-state index in [9.17, 15) is 4.79 Å². The number of nitrogens with zero attached hydrogens (tertiary/aromatic N) is 2. The van der Waals surface area contributed by atoms with E-state index in [-0.39, 0.29) is 6.42 Å². The second kappa shape index (κ2) is 5.64. The van der Waals surface area contributed by atoms with E-state index in [1.54, 1.807) is 0 Å². The van der Waals surface area contributed by atoms with Crippen LogP contribution in [0.15, 0.2) is 42.6 Å². The van der Waals surface area contributed by atoms with Crippen molar-refractivity contribution in [2.45, 2.75) is 26.7 Å².